The summed E-state index contributed by atoms with van der Waals surface area (Å²) < 4.78 is 16.1. The van der Waals surface area contributed by atoms with Crippen molar-refractivity contribution in [2.24, 2.45) is 0 Å². The lowest BCUT2D eigenvalue weighted by Crippen LogP contribution is -2.44. The number of hydrogen-bond donors (Lipinski definition) is 2. The lowest BCUT2D eigenvalue weighted by Gasteiger charge is -2.29. The fraction of sp³-hybridized carbons (Fsp3) is 0.357. The van der Waals surface area contributed by atoms with E-state index in [2.05, 4.69) is 41.0 Å². The van der Waals surface area contributed by atoms with E-state index < -0.39 is 5.54 Å². The summed E-state index contributed by atoms with van der Waals surface area (Å²) in [6, 6.07) is 18.3. The third-order valence-corrected chi connectivity index (χ3v) is 6.64. The molecule has 0 saturated carbocycles. The summed E-state index contributed by atoms with van der Waals surface area (Å²) in [5, 5.41) is 8.51. The van der Waals surface area contributed by atoms with Gasteiger partial charge in [0, 0.05) is 24.9 Å². The Hall–Kier alpha value is -3.74. The van der Waals surface area contributed by atoms with E-state index in [1.807, 2.05) is 24.3 Å². The van der Waals surface area contributed by atoms with Crippen molar-refractivity contribution >= 4 is 22.6 Å². The third-order valence-electron chi connectivity index (χ3n) is 6.64. The average molecular weight is 477 g/mol. The second-order valence-electron chi connectivity index (χ2n) is 9.00. The molecule has 3 aromatic carbocycles. The Morgan fingerprint density at radius 2 is 1.66 bits per heavy atom. The molecule has 3 aromatic rings. The number of carbonyl (C=O) groups excluding carboxylic acids is 2. The number of ether oxygens (including phenoxy) is 3. The molecule has 1 saturated heterocycles. The molecule has 7 heteroatoms. The van der Waals surface area contributed by atoms with Gasteiger partial charge in [-0.15, -0.1) is 0 Å². The first-order chi connectivity index (χ1) is 16.9. The first-order valence-electron chi connectivity index (χ1n) is 11.8. The number of nitrogens with one attached hydrogen (secondary N) is 2. The Labute approximate surface area is 205 Å². The van der Waals surface area contributed by atoms with Crippen LogP contribution in [0.4, 0.5) is 0 Å². The van der Waals surface area contributed by atoms with Gasteiger partial charge in [0.05, 0.1) is 21.3 Å². The van der Waals surface area contributed by atoms with Gasteiger partial charge >= 0.3 is 0 Å². The normalized spacial score (nSPS) is 17.2. The van der Waals surface area contributed by atoms with E-state index in [0.717, 1.165) is 17.5 Å². The highest BCUT2D eigenvalue weighted by Crippen LogP contribution is 2.38. The highest BCUT2D eigenvalue weighted by atomic mass is 16.5. The van der Waals surface area contributed by atoms with E-state index in [0.29, 0.717) is 49.5 Å². The molecular formula is C28H32N2O5. The number of hydrogen-bond acceptors (Lipinski definition) is 5. The molecule has 0 radical (unpaired) electrons. The number of fused-ring (bicyclic) bond motifs is 1. The van der Waals surface area contributed by atoms with Crippen LogP contribution < -0.4 is 24.8 Å². The maximum absolute atomic E-state index is 12.7. The number of amides is 2. The Morgan fingerprint density at radius 3 is 2.29 bits per heavy atom. The van der Waals surface area contributed by atoms with Crippen LogP contribution in [0.5, 0.6) is 17.2 Å². The minimum atomic E-state index is -0.413. The topological polar surface area (TPSA) is 85.9 Å². The van der Waals surface area contributed by atoms with Crippen LogP contribution in [0.3, 0.4) is 0 Å². The molecule has 0 aliphatic carbocycles. The maximum atomic E-state index is 12.7. The van der Waals surface area contributed by atoms with Crippen LogP contribution >= 0.6 is 0 Å². The molecule has 1 atom stereocenters. The number of benzene rings is 3. The highest BCUT2D eigenvalue weighted by molar-refractivity contribution is 5.83. The van der Waals surface area contributed by atoms with Gasteiger partial charge in [-0.2, -0.15) is 0 Å². The van der Waals surface area contributed by atoms with Gasteiger partial charge in [-0.05, 0) is 53.3 Å². The van der Waals surface area contributed by atoms with Crippen molar-refractivity contribution in [3.63, 3.8) is 0 Å². The second kappa shape index (κ2) is 10.7. The fourth-order valence-corrected chi connectivity index (χ4v) is 4.80. The van der Waals surface area contributed by atoms with Gasteiger partial charge in [-0.3, -0.25) is 9.59 Å². The summed E-state index contributed by atoms with van der Waals surface area (Å²) in [6.45, 7) is 0.333. The van der Waals surface area contributed by atoms with Gasteiger partial charge in [0.2, 0.25) is 17.6 Å². The van der Waals surface area contributed by atoms with Crippen LogP contribution in [0.15, 0.2) is 54.6 Å². The van der Waals surface area contributed by atoms with E-state index in [4.69, 9.17) is 14.2 Å². The predicted octanol–water partition coefficient (Wildman–Crippen LogP) is 4.15. The van der Waals surface area contributed by atoms with Crippen LogP contribution in [0.2, 0.25) is 0 Å². The molecule has 0 aromatic heterocycles. The zero-order valence-corrected chi connectivity index (χ0v) is 20.5. The van der Waals surface area contributed by atoms with Crippen molar-refractivity contribution in [2.75, 3.05) is 21.3 Å². The number of rotatable bonds is 10. The third kappa shape index (κ3) is 5.67. The van der Waals surface area contributed by atoms with Crippen molar-refractivity contribution in [3.05, 3.63) is 65.7 Å². The molecule has 1 aliphatic heterocycles. The van der Waals surface area contributed by atoms with Crippen LogP contribution in [0.1, 0.15) is 36.8 Å². The van der Waals surface area contributed by atoms with Crippen LogP contribution in [0, 0.1) is 0 Å². The molecule has 1 aliphatic rings. The molecule has 0 bridgehead atoms. The highest BCUT2D eigenvalue weighted by Gasteiger charge is 2.37. The van der Waals surface area contributed by atoms with Crippen molar-refractivity contribution in [3.8, 4) is 17.2 Å². The maximum Gasteiger partial charge on any atom is 0.220 e. The molecule has 2 N–H and O–H groups in total. The zero-order chi connectivity index (χ0) is 24.8. The molecule has 35 heavy (non-hydrogen) atoms. The summed E-state index contributed by atoms with van der Waals surface area (Å²) in [5.41, 5.74) is 1.58. The smallest absolute Gasteiger partial charge is 0.220 e. The number of methoxy groups -OCH3 is 3. The Morgan fingerprint density at radius 1 is 0.943 bits per heavy atom. The Bertz CT molecular complexity index is 1200. The molecule has 1 fully saturated rings. The summed E-state index contributed by atoms with van der Waals surface area (Å²) in [6.07, 6.45) is 2.80. The standard InChI is InChI=1S/C28H32N2O5/c1-33-23-15-20(16-24(34-2)27(23)35-3)18-29-25(31)10-12-28(13-11-26(32)30-28)17-19-8-9-21-6-4-5-7-22(21)14-19/h4-9,14-16H,10-13,17-18H2,1-3H3,(H,29,31)(H,30,32). The Balaban J connectivity index is 1.40. The van der Waals surface area contributed by atoms with Gasteiger partial charge in [-0.25, -0.2) is 0 Å². The molecule has 1 unspecified atom stereocenters. The molecular weight excluding hydrogens is 444 g/mol. The lowest BCUT2D eigenvalue weighted by atomic mass is 9.84. The van der Waals surface area contributed by atoms with Crippen molar-refractivity contribution in [1.29, 1.82) is 0 Å². The van der Waals surface area contributed by atoms with E-state index in [1.165, 1.54) is 10.8 Å². The van der Waals surface area contributed by atoms with E-state index in [-0.39, 0.29) is 11.8 Å². The van der Waals surface area contributed by atoms with Crippen molar-refractivity contribution < 1.29 is 23.8 Å². The molecule has 1 heterocycles. The summed E-state index contributed by atoms with van der Waals surface area (Å²) >= 11 is 0. The molecule has 0 spiro atoms. The summed E-state index contributed by atoms with van der Waals surface area (Å²) in [5.74, 6) is 1.57. The SMILES string of the molecule is COc1cc(CNC(=O)CCC2(Cc3ccc4ccccc4c3)CCC(=O)N2)cc(OC)c1OC. The first-order valence-corrected chi connectivity index (χ1v) is 11.8. The summed E-state index contributed by atoms with van der Waals surface area (Å²) in [4.78, 5) is 24.9. The molecule has 2 amide bonds. The number of carbonyl (C=O) groups is 2. The van der Waals surface area contributed by atoms with Crippen molar-refractivity contribution in [2.45, 2.75) is 44.2 Å². The minimum Gasteiger partial charge on any atom is -0.493 e. The fourth-order valence-electron chi connectivity index (χ4n) is 4.80. The van der Waals surface area contributed by atoms with E-state index in [1.54, 1.807) is 21.3 Å². The Kier molecular flexibility index (Phi) is 7.44. The van der Waals surface area contributed by atoms with Gasteiger partial charge in [0.15, 0.2) is 11.5 Å². The van der Waals surface area contributed by atoms with Gasteiger partial charge in [0.1, 0.15) is 0 Å². The van der Waals surface area contributed by atoms with Gasteiger partial charge in [0.25, 0.3) is 0 Å². The quantitative estimate of drug-likeness (QED) is 0.459. The van der Waals surface area contributed by atoms with Gasteiger partial charge < -0.3 is 24.8 Å². The van der Waals surface area contributed by atoms with E-state index in [9.17, 15) is 9.59 Å². The van der Waals surface area contributed by atoms with Crippen LogP contribution in [0.25, 0.3) is 10.8 Å². The van der Waals surface area contributed by atoms with Crippen LogP contribution in [-0.4, -0.2) is 38.7 Å². The molecule has 4 rings (SSSR count). The van der Waals surface area contributed by atoms with Gasteiger partial charge in [-0.1, -0.05) is 42.5 Å². The largest absolute Gasteiger partial charge is 0.493 e. The predicted molar refractivity (Wildman–Crippen MR) is 135 cm³/mol. The lowest BCUT2D eigenvalue weighted by molar-refractivity contribution is -0.122. The monoisotopic (exact) mass is 476 g/mol. The first kappa shape index (κ1) is 24.4. The molecule has 184 valence electrons. The minimum absolute atomic E-state index is 0.0450. The van der Waals surface area contributed by atoms with Crippen LogP contribution in [-0.2, 0) is 22.6 Å². The van der Waals surface area contributed by atoms with E-state index >= 15 is 0 Å². The second-order valence-corrected chi connectivity index (χ2v) is 9.00. The molecule has 7 nitrogen and oxygen atoms in total. The summed E-state index contributed by atoms with van der Waals surface area (Å²) in [7, 11) is 4.67. The average Bonchev–Trinajstić information content (AvgIpc) is 3.25. The zero-order valence-electron chi connectivity index (χ0n) is 20.5. The van der Waals surface area contributed by atoms with Crippen molar-refractivity contribution in [1.82, 2.24) is 10.6 Å².